The summed E-state index contributed by atoms with van der Waals surface area (Å²) < 4.78 is 18.3. The molecule has 0 saturated heterocycles. The van der Waals surface area contributed by atoms with E-state index in [0.29, 0.717) is 0 Å². The SMILES string of the molecule is COOP(=O)(O)OC(=O)[C@H](C)N. The summed E-state index contributed by atoms with van der Waals surface area (Å²) in [7, 11) is -3.45. The van der Waals surface area contributed by atoms with Crippen molar-refractivity contribution in [2.45, 2.75) is 13.0 Å². The lowest BCUT2D eigenvalue weighted by Gasteiger charge is -2.10. The van der Waals surface area contributed by atoms with Crippen molar-refractivity contribution in [3.63, 3.8) is 0 Å². The van der Waals surface area contributed by atoms with E-state index in [0.717, 1.165) is 7.11 Å². The second-order valence-electron chi connectivity index (χ2n) is 1.91. The molecule has 0 amide bonds. The van der Waals surface area contributed by atoms with Gasteiger partial charge in [-0.1, -0.05) is 0 Å². The third-order valence-electron chi connectivity index (χ3n) is 0.746. The van der Waals surface area contributed by atoms with Crippen LogP contribution in [0.15, 0.2) is 0 Å². The fourth-order valence-corrected chi connectivity index (χ4v) is 0.919. The standard InChI is InChI=1S/C4H10NO6P/c1-3(5)4(6)10-12(7,8)11-9-2/h3H,5H2,1-2H3,(H,7,8)/t3-/m0/s1. The van der Waals surface area contributed by atoms with Gasteiger partial charge in [-0.2, -0.15) is 0 Å². The summed E-state index contributed by atoms with van der Waals surface area (Å²) in [4.78, 5) is 23.1. The number of carbonyl (C=O) groups is 1. The third kappa shape index (κ3) is 4.42. The lowest BCUT2D eigenvalue weighted by atomic mass is 10.4. The van der Waals surface area contributed by atoms with Gasteiger partial charge in [0, 0.05) is 0 Å². The Morgan fingerprint density at radius 3 is 2.50 bits per heavy atom. The molecule has 0 aliphatic carbocycles. The second kappa shape index (κ2) is 4.54. The Morgan fingerprint density at radius 2 is 2.17 bits per heavy atom. The molecule has 0 aromatic carbocycles. The van der Waals surface area contributed by atoms with Gasteiger partial charge < -0.3 is 10.3 Å². The van der Waals surface area contributed by atoms with Crippen LogP contribution in [0, 0.1) is 0 Å². The van der Waals surface area contributed by atoms with Crippen LogP contribution in [0.1, 0.15) is 6.92 Å². The van der Waals surface area contributed by atoms with Crippen LogP contribution in [-0.4, -0.2) is 24.0 Å². The van der Waals surface area contributed by atoms with Gasteiger partial charge in [-0.3, -0.25) is 4.89 Å². The number of rotatable bonds is 4. The fraction of sp³-hybridized carbons (Fsp3) is 0.750. The number of hydrogen-bond donors (Lipinski definition) is 2. The Labute approximate surface area is 68.9 Å². The Hall–Kier alpha value is -0.460. The second-order valence-corrected chi connectivity index (χ2v) is 3.18. The van der Waals surface area contributed by atoms with Gasteiger partial charge in [-0.05, 0) is 6.92 Å². The first kappa shape index (κ1) is 11.5. The Bertz CT molecular complexity index is 204. The van der Waals surface area contributed by atoms with E-state index in [1.165, 1.54) is 6.92 Å². The van der Waals surface area contributed by atoms with Crippen molar-refractivity contribution in [3.05, 3.63) is 0 Å². The number of phosphoric acid groups is 1. The number of nitrogens with two attached hydrogens (primary N) is 1. The highest BCUT2D eigenvalue weighted by molar-refractivity contribution is 7.47. The minimum atomic E-state index is -4.45. The van der Waals surface area contributed by atoms with Gasteiger partial charge in [0.05, 0.1) is 7.11 Å². The van der Waals surface area contributed by atoms with Crippen molar-refractivity contribution in [2.24, 2.45) is 5.73 Å². The first-order valence-electron chi connectivity index (χ1n) is 2.93. The Kier molecular flexibility index (Phi) is 4.36. The Balaban J connectivity index is 4.06. The molecule has 0 aromatic heterocycles. The van der Waals surface area contributed by atoms with Crippen LogP contribution in [0.2, 0.25) is 0 Å². The van der Waals surface area contributed by atoms with Crippen LogP contribution >= 0.6 is 7.82 Å². The monoisotopic (exact) mass is 199 g/mol. The highest BCUT2D eigenvalue weighted by Crippen LogP contribution is 2.43. The minimum absolute atomic E-state index is 0.995. The summed E-state index contributed by atoms with van der Waals surface area (Å²) in [6, 6.07) is -0.995. The normalized spacial score (nSPS) is 18.0. The molecule has 0 heterocycles. The van der Waals surface area contributed by atoms with Crippen molar-refractivity contribution >= 4 is 13.8 Å². The van der Waals surface area contributed by atoms with Crippen LogP contribution < -0.4 is 5.73 Å². The average Bonchev–Trinajstić information content (AvgIpc) is 1.85. The highest BCUT2D eigenvalue weighted by Gasteiger charge is 2.28. The average molecular weight is 199 g/mol. The van der Waals surface area contributed by atoms with Gasteiger partial charge >= 0.3 is 13.8 Å². The molecule has 0 aliphatic rings. The molecule has 1 unspecified atom stereocenters. The Morgan fingerprint density at radius 1 is 1.67 bits per heavy atom. The lowest BCUT2D eigenvalue weighted by molar-refractivity contribution is -0.199. The van der Waals surface area contributed by atoms with E-state index in [2.05, 4.69) is 14.1 Å². The van der Waals surface area contributed by atoms with Crippen molar-refractivity contribution in [3.8, 4) is 0 Å². The summed E-state index contributed by atoms with van der Waals surface area (Å²) in [5.41, 5.74) is 5.04. The summed E-state index contributed by atoms with van der Waals surface area (Å²) in [6.07, 6.45) is 0. The topological polar surface area (TPSA) is 108 Å². The third-order valence-corrected chi connectivity index (χ3v) is 1.49. The van der Waals surface area contributed by atoms with E-state index in [9.17, 15) is 9.36 Å². The molecule has 0 rings (SSSR count). The van der Waals surface area contributed by atoms with E-state index < -0.39 is 19.8 Å². The van der Waals surface area contributed by atoms with Gasteiger partial charge in [-0.25, -0.2) is 14.2 Å². The zero-order valence-corrected chi connectivity index (χ0v) is 7.48. The molecule has 0 aromatic rings. The van der Waals surface area contributed by atoms with E-state index >= 15 is 0 Å². The summed E-state index contributed by atoms with van der Waals surface area (Å²) in [5.74, 6) is -1.04. The molecule has 0 aliphatic heterocycles. The fourth-order valence-electron chi connectivity index (χ4n) is 0.306. The largest absolute Gasteiger partial charge is 0.557 e. The molecule has 7 nitrogen and oxygen atoms in total. The van der Waals surface area contributed by atoms with Crippen LogP contribution in [-0.2, 0) is 23.4 Å². The van der Waals surface area contributed by atoms with Crippen molar-refractivity contribution < 1.29 is 28.3 Å². The van der Waals surface area contributed by atoms with Gasteiger partial charge in [0.1, 0.15) is 6.04 Å². The summed E-state index contributed by atoms with van der Waals surface area (Å²) >= 11 is 0. The molecule has 12 heavy (non-hydrogen) atoms. The van der Waals surface area contributed by atoms with E-state index in [-0.39, 0.29) is 0 Å². The minimum Gasteiger partial charge on any atom is -0.368 e. The van der Waals surface area contributed by atoms with Crippen LogP contribution in [0.4, 0.5) is 0 Å². The predicted molar refractivity (Wildman–Crippen MR) is 37.7 cm³/mol. The van der Waals surface area contributed by atoms with Gasteiger partial charge in [0.2, 0.25) is 0 Å². The summed E-state index contributed by atoms with van der Waals surface area (Å²) in [5, 5.41) is 0. The lowest BCUT2D eigenvalue weighted by Crippen LogP contribution is -2.28. The predicted octanol–water partition coefficient (Wildman–Crippen LogP) is -0.445. The molecule has 0 radical (unpaired) electrons. The van der Waals surface area contributed by atoms with E-state index in [1.807, 2.05) is 0 Å². The maximum atomic E-state index is 10.6. The molecule has 8 heteroatoms. The highest BCUT2D eigenvalue weighted by atomic mass is 31.2. The molecule has 0 saturated carbocycles. The van der Waals surface area contributed by atoms with Gasteiger partial charge in [0.15, 0.2) is 0 Å². The molecular formula is C4H10NO6P. The maximum absolute atomic E-state index is 10.6. The molecule has 0 bridgehead atoms. The zero-order chi connectivity index (χ0) is 9.78. The van der Waals surface area contributed by atoms with Gasteiger partial charge in [-0.15, -0.1) is 4.67 Å². The van der Waals surface area contributed by atoms with Crippen LogP contribution in [0.5, 0.6) is 0 Å². The first-order chi connectivity index (χ1) is 5.39. The number of phosphoric ester groups is 1. The van der Waals surface area contributed by atoms with E-state index in [1.54, 1.807) is 0 Å². The van der Waals surface area contributed by atoms with Crippen molar-refractivity contribution in [1.29, 1.82) is 0 Å². The number of carbonyl (C=O) groups excluding carboxylic acids is 1. The first-order valence-corrected chi connectivity index (χ1v) is 4.43. The quantitative estimate of drug-likeness (QED) is 0.358. The molecule has 3 N–H and O–H groups in total. The van der Waals surface area contributed by atoms with Gasteiger partial charge in [0.25, 0.3) is 0 Å². The number of hydrogen-bond acceptors (Lipinski definition) is 6. The molecule has 72 valence electrons. The smallest absolute Gasteiger partial charge is 0.368 e. The molecule has 0 fully saturated rings. The van der Waals surface area contributed by atoms with Crippen LogP contribution in [0.3, 0.4) is 0 Å². The summed E-state index contributed by atoms with van der Waals surface area (Å²) in [6.45, 7) is 1.30. The zero-order valence-electron chi connectivity index (χ0n) is 6.59. The molecule has 0 spiro atoms. The van der Waals surface area contributed by atoms with Crippen LogP contribution in [0.25, 0.3) is 0 Å². The van der Waals surface area contributed by atoms with E-state index in [4.69, 9.17) is 10.6 Å². The van der Waals surface area contributed by atoms with Crippen molar-refractivity contribution in [1.82, 2.24) is 0 Å². The molecular weight excluding hydrogens is 189 g/mol. The maximum Gasteiger partial charge on any atom is 0.557 e. The van der Waals surface area contributed by atoms with Crippen molar-refractivity contribution in [2.75, 3.05) is 7.11 Å². The molecule has 2 atom stereocenters.